The van der Waals surface area contributed by atoms with E-state index >= 15 is 0 Å². The van der Waals surface area contributed by atoms with Gasteiger partial charge in [0.15, 0.2) is 0 Å². The van der Waals surface area contributed by atoms with Gasteiger partial charge in [-0.2, -0.15) is 0 Å². The van der Waals surface area contributed by atoms with Gasteiger partial charge in [0, 0.05) is 5.02 Å². The Bertz CT molecular complexity index is 846. The number of fused-ring (bicyclic) bond motifs is 1. The van der Waals surface area contributed by atoms with Crippen LogP contribution in [-0.4, -0.2) is 28.0 Å². The van der Waals surface area contributed by atoms with Gasteiger partial charge in [0.05, 0.1) is 16.8 Å². The number of carbonyl (C=O) groups excluding carboxylic acids is 2. The fourth-order valence-corrected chi connectivity index (χ4v) is 2.45. The van der Waals surface area contributed by atoms with E-state index in [1.165, 1.54) is 24.3 Å². The first-order chi connectivity index (χ1) is 10.4. The van der Waals surface area contributed by atoms with Crippen LogP contribution in [0, 0.1) is 0 Å². The number of phenols is 1. The molecule has 1 heterocycles. The minimum Gasteiger partial charge on any atom is -0.507 e. The third-order valence-electron chi connectivity index (χ3n) is 3.32. The molecule has 2 aromatic carbocycles. The average Bonchev–Trinajstić information content (AvgIpc) is 2.71. The second kappa shape index (κ2) is 4.85. The van der Waals surface area contributed by atoms with Crippen molar-refractivity contribution in [1.82, 2.24) is 0 Å². The number of carboxylic acid groups (broad SMARTS) is 1. The largest absolute Gasteiger partial charge is 0.507 e. The molecule has 22 heavy (non-hydrogen) atoms. The van der Waals surface area contributed by atoms with Gasteiger partial charge >= 0.3 is 5.97 Å². The molecule has 0 bridgehead atoms. The summed E-state index contributed by atoms with van der Waals surface area (Å²) in [7, 11) is 0. The van der Waals surface area contributed by atoms with Crippen molar-refractivity contribution in [2.75, 3.05) is 4.90 Å². The molecule has 2 N–H and O–H groups in total. The summed E-state index contributed by atoms with van der Waals surface area (Å²) in [6.45, 7) is 0. The molecule has 2 aromatic rings. The zero-order valence-corrected chi connectivity index (χ0v) is 11.7. The van der Waals surface area contributed by atoms with E-state index in [0.717, 1.165) is 17.0 Å². The molecule has 0 saturated heterocycles. The van der Waals surface area contributed by atoms with Gasteiger partial charge in [-0.1, -0.05) is 11.6 Å². The number of rotatable bonds is 2. The maximum Gasteiger partial charge on any atom is 0.339 e. The molecular formula is C15H8ClNO5. The Morgan fingerprint density at radius 3 is 2.36 bits per heavy atom. The number of hydrogen-bond acceptors (Lipinski definition) is 4. The maximum atomic E-state index is 12.4. The molecule has 2 amide bonds. The van der Waals surface area contributed by atoms with Crippen LogP contribution in [0.3, 0.4) is 0 Å². The van der Waals surface area contributed by atoms with Gasteiger partial charge in [-0.15, -0.1) is 0 Å². The third-order valence-corrected chi connectivity index (χ3v) is 3.55. The average molecular weight is 318 g/mol. The molecule has 0 saturated carbocycles. The normalized spacial score (nSPS) is 13.4. The minimum atomic E-state index is -1.36. The predicted octanol–water partition coefficient (Wildman–Crippen LogP) is 2.54. The molecule has 6 nitrogen and oxygen atoms in total. The zero-order chi connectivity index (χ0) is 16.0. The third kappa shape index (κ3) is 2.01. The molecule has 110 valence electrons. The summed E-state index contributed by atoms with van der Waals surface area (Å²) in [6.07, 6.45) is 0. The number of amides is 2. The van der Waals surface area contributed by atoms with E-state index in [-0.39, 0.29) is 16.8 Å². The number of anilines is 1. The van der Waals surface area contributed by atoms with Crippen LogP contribution in [-0.2, 0) is 0 Å². The first kappa shape index (κ1) is 14.1. The van der Waals surface area contributed by atoms with Crippen molar-refractivity contribution >= 4 is 35.1 Å². The van der Waals surface area contributed by atoms with Gasteiger partial charge in [-0.25, -0.2) is 9.69 Å². The number of hydrogen-bond donors (Lipinski definition) is 2. The smallest absolute Gasteiger partial charge is 0.339 e. The topological polar surface area (TPSA) is 94.9 Å². The number of imide groups is 1. The number of aromatic carboxylic acids is 1. The van der Waals surface area contributed by atoms with E-state index in [9.17, 15) is 19.5 Å². The van der Waals surface area contributed by atoms with Gasteiger partial charge in [0.2, 0.25) is 0 Å². The van der Waals surface area contributed by atoms with Crippen molar-refractivity contribution in [2.24, 2.45) is 0 Å². The van der Waals surface area contributed by atoms with Gasteiger partial charge < -0.3 is 10.2 Å². The van der Waals surface area contributed by atoms with Crippen LogP contribution in [0.4, 0.5) is 5.69 Å². The molecule has 0 aliphatic carbocycles. The molecular weight excluding hydrogens is 310 g/mol. The summed E-state index contributed by atoms with van der Waals surface area (Å²) in [5.41, 5.74) is 0.0198. The summed E-state index contributed by atoms with van der Waals surface area (Å²) in [4.78, 5) is 36.6. The van der Waals surface area contributed by atoms with Gasteiger partial charge in [-0.3, -0.25) is 9.59 Å². The molecule has 0 aromatic heterocycles. The molecule has 7 heteroatoms. The van der Waals surface area contributed by atoms with Crippen LogP contribution in [0.2, 0.25) is 5.02 Å². The maximum absolute atomic E-state index is 12.4. The lowest BCUT2D eigenvalue weighted by Crippen LogP contribution is -2.29. The Morgan fingerprint density at radius 2 is 1.68 bits per heavy atom. The van der Waals surface area contributed by atoms with Crippen LogP contribution in [0.25, 0.3) is 0 Å². The Hall–Kier alpha value is -2.86. The molecule has 0 spiro atoms. The van der Waals surface area contributed by atoms with Crippen LogP contribution < -0.4 is 4.90 Å². The molecule has 0 fully saturated rings. The lowest BCUT2D eigenvalue weighted by Gasteiger charge is -2.14. The molecule has 0 unspecified atom stereocenters. The fraction of sp³-hybridized carbons (Fsp3) is 0. The Morgan fingerprint density at radius 1 is 1.00 bits per heavy atom. The monoisotopic (exact) mass is 317 g/mol. The van der Waals surface area contributed by atoms with Crippen molar-refractivity contribution in [3.63, 3.8) is 0 Å². The highest BCUT2D eigenvalue weighted by molar-refractivity contribution is 6.36. The van der Waals surface area contributed by atoms with Crippen molar-refractivity contribution < 1.29 is 24.6 Å². The summed E-state index contributed by atoms with van der Waals surface area (Å²) in [5, 5.41) is 18.8. The number of nitrogens with zero attached hydrogens (tertiary/aromatic N) is 1. The van der Waals surface area contributed by atoms with E-state index < -0.39 is 29.1 Å². The second-order valence-electron chi connectivity index (χ2n) is 4.64. The fourth-order valence-electron chi connectivity index (χ4n) is 2.28. The highest BCUT2D eigenvalue weighted by atomic mass is 35.5. The number of aromatic hydroxyl groups is 1. The summed E-state index contributed by atoms with van der Waals surface area (Å²) in [5.74, 6) is -2.97. The number of benzene rings is 2. The first-order valence-corrected chi connectivity index (χ1v) is 6.52. The Labute approximate surface area is 129 Å². The molecule has 3 rings (SSSR count). The van der Waals surface area contributed by atoms with Crippen molar-refractivity contribution in [3.8, 4) is 5.75 Å². The van der Waals surface area contributed by atoms with E-state index in [4.69, 9.17) is 16.7 Å². The quantitative estimate of drug-likeness (QED) is 0.830. The van der Waals surface area contributed by atoms with Crippen LogP contribution in [0.15, 0.2) is 36.4 Å². The van der Waals surface area contributed by atoms with Gasteiger partial charge in [0.25, 0.3) is 11.8 Å². The highest BCUT2D eigenvalue weighted by Gasteiger charge is 2.37. The number of carbonyl (C=O) groups is 3. The molecule has 0 radical (unpaired) electrons. The van der Waals surface area contributed by atoms with Crippen LogP contribution in [0.1, 0.15) is 31.1 Å². The molecule has 1 aliphatic rings. The van der Waals surface area contributed by atoms with E-state index in [1.54, 1.807) is 0 Å². The number of halogens is 1. The van der Waals surface area contributed by atoms with Crippen LogP contribution >= 0.6 is 11.6 Å². The zero-order valence-electron chi connectivity index (χ0n) is 10.9. The Kier molecular flexibility index (Phi) is 3.11. The molecule has 1 aliphatic heterocycles. The predicted molar refractivity (Wildman–Crippen MR) is 77.7 cm³/mol. The van der Waals surface area contributed by atoms with Crippen molar-refractivity contribution in [1.29, 1.82) is 0 Å². The lowest BCUT2D eigenvalue weighted by molar-refractivity contribution is 0.0692. The van der Waals surface area contributed by atoms with E-state index in [0.29, 0.717) is 5.02 Å². The first-order valence-electron chi connectivity index (χ1n) is 6.15. The highest BCUT2D eigenvalue weighted by Crippen LogP contribution is 2.32. The second-order valence-corrected chi connectivity index (χ2v) is 5.08. The van der Waals surface area contributed by atoms with Gasteiger partial charge in [-0.05, 0) is 36.4 Å². The standard InChI is InChI=1S/C15H8ClNO5/c16-7-1-3-9-10(5-7)14(20)17(13(9)19)8-2-4-12(18)11(6-8)15(21)22/h1-6,18H,(H,21,22). The summed E-state index contributed by atoms with van der Waals surface area (Å²) >= 11 is 5.82. The Balaban J connectivity index is 2.11. The minimum absolute atomic E-state index is 0.0672. The van der Waals surface area contributed by atoms with Crippen molar-refractivity contribution in [3.05, 3.63) is 58.1 Å². The lowest BCUT2D eigenvalue weighted by atomic mass is 10.1. The van der Waals surface area contributed by atoms with Crippen LogP contribution in [0.5, 0.6) is 5.75 Å². The number of carboxylic acids is 1. The molecule has 0 atom stereocenters. The van der Waals surface area contributed by atoms with Crippen molar-refractivity contribution in [2.45, 2.75) is 0 Å². The van der Waals surface area contributed by atoms with E-state index in [2.05, 4.69) is 0 Å². The summed E-state index contributed by atoms with van der Waals surface area (Å²) in [6, 6.07) is 7.81. The SMILES string of the molecule is O=C(O)c1cc(N2C(=O)c3ccc(Cl)cc3C2=O)ccc1O. The van der Waals surface area contributed by atoms with Gasteiger partial charge in [0.1, 0.15) is 11.3 Å². The van der Waals surface area contributed by atoms with E-state index in [1.807, 2.05) is 0 Å². The summed E-state index contributed by atoms with van der Waals surface area (Å²) < 4.78 is 0.